The molecule has 0 aliphatic heterocycles. The SMILES string of the molecule is Cc1cccc(C(N)c2csc(C)n2)c1. The molecule has 0 saturated carbocycles. The van der Waals surface area contributed by atoms with Crippen LogP contribution in [0.25, 0.3) is 0 Å². The minimum absolute atomic E-state index is 0.102. The first kappa shape index (κ1) is 10.3. The third-order valence-electron chi connectivity index (χ3n) is 2.36. The number of rotatable bonds is 2. The molecule has 0 spiro atoms. The van der Waals surface area contributed by atoms with Crippen LogP contribution in [0.2, 0.25) is 0 Å². The van der Waals surface area contributed by atoms with Crippen molar-refractivity contribution < 1.29 is 0 Å². The second kappa shape index (κ2) is 4.13. The Kier molecular flexibility index (Phi) is 2.84. The fourth-order valence-corrected chi connectivity index (χ4v) is 2.21. The molecule has 0 bridgehead atoms. The maximum atomic E-state index is 6.14. The maximum absolute atomic E-state index is 6.14. The third-order valence-corrected chi connectivity index (χ3v) is 3.15. The Labute approximate surface area is 93.8 Å². The van der Waals surface area contributed by atoms with Gasteiger partial charge in [0, 0.05) is 5.38 Å². The van der Waals surface area contributed by atoms with Crippen LogP contribution in [0, 0.1) is 13.8 Å². The standard InChI is InChI=1S/C12H14N2S/c1-8-4-3-5-10(6-8)12(13)11-7-15-9(2)14-11/h3-7,12H,13H2,1-2H3. The van der Waals surface area contributed by atoms with Gasteiger partial charge in [-0.15, -0.1) is 11.3 Å². The van der Waals surface area contributed by atoms with Gasteiger partial charge in [0.2, 0.25) is 0 Å². The molecule has 0 aliphatic carbocycles. The fraction of sp³-hybridized carbons (Fsp3) is 0.250. The van der Waals surface area contributed by atoms with E-state index in [2.05, 4.69) is 24.0 Å². The van der Waals surface area contributed by atoms with Gasteiger partial charge in [-0.3, -0.25) is 0 Å². The number of aryl methyl sites for hydroxylation is 2. The summed E-state index contributed by atoms with van der Waals surface area (Å²) in [6.07, 6.45) is 0. The van der Waals surface area contributed by atoms with E-state index in [0.29, 0.717) is 0 Å². The van der Waals surface area contributed by atoms with E-state index < -0.39 is 0 Å². The second-order valence-electron chi connectivity index (χ2n) is 3.68. The summed E-state index contributed by atoms with van der Waals surface area (Å²) in [5.41, 5.74) is 9.46. The van der Waals surface area contributed by atoms with E-state index >= 15 is 0 Å². The molecule has 0 radical (unpaired) electrons. The number of hydrogen-bond donors (Lipinski definition) is 1. The Hall–Kier alpha value is -1.19. The summed E-state index contributed by atoms with van der Waals surface area (Å²) < 4.78 is 0. The van der Waals surface area contributed by atoms with Gasteiger partial charge in [0.05, 0.1) is 16.7 Å². The van der Waals surface area contributed by atoms with Crippen LogP contribution in [0.3, 0.4) is 0 Å². The topological polar surface area (TPSA) is 38.9 Å². The maximum Gasteiger partial charge on any atom is 0.0898 e. The molecule has 78 valence electrons. The van der Waals surface area contributed by atoms with Crippen molar-refractivity contribution in [1.82, 2.24) is 4.98 Å². The lowest BCUT2D eigenvalue weighted by atomic mass is 10.0. The zero-order valence-corrected chi connectivity index (χ0v) is 9.71. The van der Waals surface area contributed by atoms with Gasteiger partial charge in [0.1, 0.15) is 0 Å². The molecule has 2 aromatic rings. The smallest absolute Gasteiger partial charge is 0.0898 e. The lowest BCUT2D eigenvalue weighted by Gasteiger charge is -2.09. The first-order chi connectivity index (χ1) is 7.16. The van der Waals surface area contributed by atoms with Crippen molar-refractivity contribution in [2.75, 3.05) is 0 Å². The quantitative estimate of drug-likeness (QED) is 0.841. The summed E-state index contributed by atoms with van der Waals surface area (Å²) in [5, 5.41) is 3.09. The van der Waals surface area contributed by atoms with Crippen LogP contribution in [-0.2, 0) is 0 Å². The number of nitrogens with two attached hydrogens (primary N) is 1. The zero-order chi connectivity index (χ0) is 10.8. The molecule has 1 aromatic heterocycles. The van der Waals surface area contributed by atoms with E-state index in [1.54, 1.807) is 11.3 Å². The van der Waals surface area contributed by atoms with Gasteiger partial charge in [0.15, 0.2) is 0 Å². The van der Waals surface area contributed by atoms with Crippen molar-refractivity contribution in [3.8, 4) is 0 Å². The summed E-state index contributed by atoms with van der Waals surface area (Å²) in [6.45, 7) is 4.07. The predicted octanol–water partition coefficient (Wildman–Crippen LogP) is 2.81. The molecule has 2 nitrogen and oxygen atoms in total. The molecule has 1 aromatic carbocycles. The molecule has 0 saturated heterocycles. The van der Waals surface area contributed by atoms with Crippen molar-refractivity contribution in [2.45, 2.75) is 19.9 Å². The Morgan fingerprint density at radius 3 is 2.73 bits per heavy atom. The highest BCUT2D eigenvalue weighted by molar-refractivity contribution is 7.09. The van der Waals surface area contributed by atoms with Crippen LogP contribution in [-0.4, -0.2) is 4.98 Å². The molecule has 15 heavy (non-hydrogen) atoms. The summed E-state index contributed by atoms with van der Waals surface area (Å²) in [6, 6.07) is 8.16. The lowest BCUT2D eigenvalue weighted by molar-refractivity contribution is 0.833. The number of nitrogens with zero attached hydrogens (tertiary/aromatic N) is 1. The minimum atomic E-state index is -0.102. The zero-order valence-electron chi connectivity index (χ0n) is 8.90. The summed E-state index contributed by atoms with van der Waals surface area (Å²) in [7, 11) is 0. The predicted molar refractivity (Wildman–Crippen MR) is 64.1 cm³/mol. The van der Waals surface area contributed by atoms with E-state index in [1.807, 2.05) is 24.4 Å². The van der Waals surface area contributed by atoms with Crippen LogP contribution < -0.4 is 5.73 Å². The highest BCUT2D eigenvalue weighted by Gasteiger charge is 2.11. The molecule has 2 rings (SSSR count). The van der Waals surface area contributed by atoms with Crippen molar-refractivity contribution in [3.05, 3.63) is 51.5 Å². The highest BCUT2D eigenvalue weighted by Crippen LogP contribution is 2.21. The van der Waals surface area contributed by atoms with E-state index in [-0.39, 0.29) is 6.04 Å². The van der Waals surface area contributed by atoms with E-state index in [4.69, 9.17) is 5.73 Å². The van der Waals surface area contributed by atoms with E-state index in [0.717, 1.165) is 16.3 Å². The van der Waals surface area contributed by atoms with Gasteiger partial charge in [-0.25, -0.2) is 4.98 Å². The molecular weight excluding hydrogens is 204 g/mol. The molecule has 1 atom stereocenters. The van der Waals surface area contributed by atoms with Crippen LogP contribution in [0.15, 0.2) is 29.6 Å². The largest absolute Gasteiger partial charge is 0.319 e. The molecule has 1 heterocycles. The van der Waals surface area contributed by atoms with Crippen LogP contribution in [0.1, 0.15) is 27.9 Å². The first-order valence-corrected chi connectivity index (χ1v) is 5.79. The summed E-state index contributed by atoms with van der Waals surface area (Å²) >= 11 is 1.64. The van der Waals surface area contributed by atoms with E-state index in [9.17, 15) is 0 Å². The summed E-state index contributed by atoms with van der Waals surface area (Å²) in [5.74, 6) is 0. The number of benzene rings is 1. The number of thiazole rings is 1. The molecule has 2 N–H and O–H groups in total. The Bertz CT molecular complexity index is 462. The van der Waals surface area contributed by atoms with Crippen molar-refractivity contribution in [2.24, 2.45) is 5.73 Å². The van der Waals surface area contributed by atoms with Crippen LogP contribution in [0.5, 0.6) is 0 Å². The Morgan fingerprint density at radius 1 is 1.33 bits per heavy atom. The van der Waals surface area contributed by atoms with Gasteiger partial charge >= 0.3 is 0 Å². The second-order valence-corrected chi connectivity index (χ2v) is 4.75. The Balaban J connectivity index is 2.32. The molecule has 0 amide bonds. The molecular formula is C12H14N2S. The first-order valence-electron chi connectivity index (χ1n) is 4.91. The van der Waals surface area contributed by atoms with E-state index in [1.165, 1.54) is 5.56 Å². The highest BCUT2D eigenvalue weighted by atomic mass is 32.1. The van der Waals surface area contributed by atoms with Gasteiger partial charge in [-0.1, -0.05) is 29.8 Å². The van der Waals surface area contributed by atoms with Gasteiger partial charge in [-0.2, -0.15) is 0 Å². The molecule has 0 fully saturated rings. The van der Waals surface area contributed by atoms with Crippen molar-refractivity contribution >= 4 is 11.3 Å². The lowest BCUT2D eigenvalue weighted by Crippen LogP contribution is -2.12. The monoisotopic (exact) mass is 218 g/mol. The Morgan fingerprint density at radius 2 is 2.13 bits per heavy atom. The third kappa shape index (κ3) is 2.25. The molecule has 0 aliphatic rings. The van der Waals surface area contributed by atoms with Crippen molar-refractivity contribution in [3.63, 3.8) is 0 Å². The summed E-state index contributed by atoms with van der Waals surface area (Å²) in [4.78, 5) is 4.41. The minimum Gasteiger partial charge on any atom is -0.319 e. The normalized spacial score (nSPS) is 12.7. The molecule has 3 heteroatoms. The number of aromatic nitrogens is 1. The van der Waals surface area contributed by atoms with Gasteiger partial charge < -0.3 is 5.73 Å². The average molecular weight is 218 g/mol. The van der Waals surface area contributed by atoms with Crippen LogP contribution >= 0.6 is 11.3 Å². The average Bonchev–Trinajstić information content (AvgIpc) is 2.64. The van der Waals surface area contributed by atoms with Gasteiger partial charge in [0.25, 0.3) is 0 Å². The number of hydrogen-bond acceptors (Lipinski definition) is 3. The fourth-order valence-electron chi connectivity index (χ4n) is 1.56. The van der Waals surface area contributed by atoms with Crippen molar-refractivity contribution in [1.29, 1.82) is 0 Å². The van der Waals surface area contributed by atoms with Gasteiger partial charge in [-0.05, 0) is 19.4 Å². The van der Waals surface area contributed by atoms with Crippen LogP contribution in [0.4, 0.5) is 0 Å². The molecule has 1 unspecified atom stereocenters.